The maximum absolute atomic E-state index is 12.6. The lowest BCUT2D eigenvalue weighted by atomic mass is 10.2. The second kappa shape index (κ2) is 12.8. The fourth-order valence-electron chi connectivity index (χ4n) is 4.54. The molecule has 0 unspecified atom stereocenters. The minimum Gasteiger partial charge on any atom is -0.497 e. The smallest absolute Gasteiger partial charge is 0.261 e. The van der Waals surface area contributed by atoms with Gasteiger partial charge in [0.2, 0.25) is 0 Å². The zero-order valence-electron chi connectivity index (χ0n) is 23.0. The second-order valence-electron chi connectivity index (χ2n) is 9.50. The lowest BCUT2D eigenvalue weighted by Crippen LogP contribution is -2.48. The zero-order valence-corrected chi connectivity index (χ0v) is 24.6. The summed E-state index contributed by atoms with van der Waals surface area (Å²) in [5.41, 5.74) is 1.82. The number of ether oxygens (including phenoxy) is 2. The maximum atomic E-state index is 12.6. The number of carbonyl (C=O) groups is 1. The molecule has 2 N–H and O–H groups in total. The molecule has 5 rings (SSSR count). The molecule has 1 fully saturated rings. The van der Waals surface area contributed by atoms with Crippen LogP contribution in [0.25, 0.3) is 10.2 Å². The molecule has 0 aliphatic carbocycles. The van der Waals surface area contributed by atoms with Crippen LogP contribution in [-0.4, -0.2) is 77.2 Å². The monoisotopic (exact) mass is 595 g/mol. The van der Waals surface area contributed by atoms with Gasteiger partial charge in [0.15, 0.2) is 5.13 Å². The van der Waals surface area contributed by atoms with Crippen molar-refractivity contribution in [1.82, 2.24) is 15.2 Å². The van der Waals surface area contributed by atoms with E-state index in [1.165, 1.54) is 19.2 Å². The third-order valence-corrected chi connectivity index (χ3v) is 9.26. The molecule has 41 heavy (non-hydrogen) atoms. The first-order valence-corrected chi connectivity index (χ1v) is 15.7. The van der Waals surface area contributed by atoms with Gasteiger partial charge in [-0.15, -0.1) is 0 Å². The first-order valence-electron chi connectivity index (χ1n) is 13.4. The number of methoxy groups -OCH3 is 1. The number of piperazine rings is 1. The quantitative estimate of drug-likeness (QED) is 0.267. The van der Waals surface area contributed by atoms with E-state index < -0.39 is 10.0 Å². The lowest BCUT2D eigenvalue weighted by molar-refractivity contribution is 0.0948. The van der Waals surface area contributed by atoms with E-state index >= 15 is 0 Å². The molecule has 0 saturated carbocycles. The van der Waals surface area contributed by atoms with Crippen LogP contribution in [-0.2, 0) is 10.0 Å². The van der Waals surface area contributed by atoms with Crippen molar-refractivity contribution in [3.63, 3.8) is 0 Å². The Morgan fingerprint density at radius 2 is 1.68 bits per heavy atom. The van der Waals surface area contributed by atoms with Crippen molar-refractivity contribution in [1.29, 1.82) is 0 Å². The van der Waals surface area contributed by atoms with Crippen molar-refractivity contribution in [2.75, 3.05) is 62.6 Å². The number of anilines is 2. The highest BCUT2D eigenvalue weighted by molar-refractivity contribution is 7.92. The summed E-state index contributed by atoms with van der Waals surface area (Å²) in [5, 5.41) is 3.98. The van der Waals surface area contributed by atoms with Crippen LogP contribution < -0.4 is 24.4 Å². The molecular weight excluding hydrogens is 562 g/mol. The summed E-state index contributed by atoms with van der Waals surface area (Å²) in [6.07, 6.45) is 0. The average Bonchev–Trinajstić information content (AvgIpc) is 3.41. The SMILES string of the molecule is CCOc1ccc2nc(N3CCN(CCNC(=O)c4ccc(NS(=O)(=O)c5ccc(OC)cc5)cc4)CC3)sc2c1. The molecule has 0 spiro atoms. The number of amides is 1. The Morgan fingerprint density at radius 1 is 0.976 bits per heavy atom. The maximum Gasteiger partial charge on any atom is 0.261 e. The molecule has 0 atom stereocenters. The summed E-state index contributed by atoms with van der Waals surface area (Å²) in [6, 6.07) is 18.5. The normalized spacial score (nSPS) is 14.1. The summed E-state index contributed by atoms with van der Waals surface area (Å²) in [4.78, 5) is 22.2. The highest BCUT2D eigenvalue weighted by atomic mass is 32.2. The van der Waals surface area contributed by atoms with Gasteiger partial charge in [0, 0.05) is 50.5 Å². The summed E-state index contributed by atoms with van der Waals surface area (Å²) >= 11 is 1.69. The highest BCUT2D eigenvalue weighted by Gasteiger charge is 2.20. The van der Waals surface area contributed by atoms with Gasteiger partial charge in [-0.05, 0) is 73.7 Å². The average molecular weight is 596 g/mol. The first kappa shape index (κ1) is 28.7. The summed E-state index contributed by atoms with van der Waals surface area (Å²) in [5.74, 6) is 1.24. The van der Waals surface area contributed by atoms with Gasteiger partial charge in [0.1, 0.15) is 11.5 Å². The van der Waals surface area contributed by atoms with E-state index in [-0.39, 0.29) is 10.8 Å². The number of nitrogens with one attached hydrogen (secondary N) is 2. The Balaban J connectivity index is 1.06. The number of aromatic nitrogens is 1. The van der Waals surface area contributed by atoms with Gasteiger partial charge in [-0.3, -0.25) is 14.4 Å². The van der Waals surface area contributed by atoms with Crippen molar-refractivity contribution in [3.8, 4) is 11.5 Å². The van der Waals surface area contributed by atoms with Gasteiger partial charge in [-0.25, -0.2) is 13.4 Å². The Morgan fingerprint density at radius 3 is 2.37 bits per heavy atom. The Labute approximate surface area is 243 Å². The fraction of sp³-hybridized carbons (Fsp3) is 0.310. The largest absolute Gasteiger partial charge is 0.497 e. The molecule has 3 aromatic carbocycles. The van der Waals surface area contributed by atoms with E-state index in [2.05, 4.69) is 19.8 Å². The molecule has 1 aliphatic rings. The van der Waals surface area contributed by atoms with Crippen molar-refractivity contribution in [3.05, 3.63) is 72.3 Å². The minimum atomic E-state index is -3.75. The topological polar surface area (TPSA) is 113 Å². The van der Waals surface area contributed by atoms with Crippen LogP contribution in [0.2, 0.25) is 0 Å². The Kier molecular flexibility index (Phi) is 8.91. The number of hydrogen-bond acceptors (Lipinski definition) is 9. The summed E-state index contributed by atoms with van der Waals surface area (Å²) < 4.78 is 39.6. The summed E-state index contributed by atoms with van der Waals surface area (Å²) in [7, 11) is -2.24. The van der Waals surface area contributed by atoms with Crippen LogP contribution in [0.1, 0.15) is 17.3 Å². The van der Waals surface area contributed by atoms with Gasteiger partial charge in [0.05, 0.1) is 28.8 Å². The molecule has 2 heterocycles. The Hall–Kier alpha value is -3.87. The number of hydrogen-bond donors (Lipinski definition) is 2. The second-order valence-corrected chi connectivity index (χ2v) is 12.2. The van der Waals surface area contributed by atoms with Crippen LogP contribution in [0.15, 0.2) is 71.6 Å². The lowest BCUT2D eigenvalue weighted by Gasteiger charge is -2.34. The molecular formula is C29H33N5O5S2. The molecule has 12 heteroatoms. The van der Waals surface area contributed by atoms with Crippen LogP contribution in [0.4, 0.5) is 10.8 Å². The standard InChI is InChI=1S/C29H33N5O5S2/c1-3-39-24-10-13-26-27(20-24)40-29(31-26)34-18-16-33(17-19-34)15-14-30-28(35)21-4-6-22(7-5-21)32-41(36,37)25-11-8-23(38-2)9-12-25/h4-13,20,32H,3,14-19H2,1-2H3,(H,30,35). The van der Waals surface area contributed by atoms with Gasteiger partial charge in [-0.2, -0.15) is 0 Å². The van der Waals surface area contributed by atoms with E-state index in [0.717, 1.165) is 53.8 Å². The third kappa shape index (κ3) is 7.07. The van der Waals surface area contributed by atoms with E-state index in [9.17, 15) is 13.2 Å². The third-order valence-electron chi connectivity index (χ3n) is 6.79. The molecule has 216 valence electrons. The number of nitrogens with zero attached hydrogens (tertiary/aromatic N) is 3. The number of rotatable bonds is 11. The predicted octanol–water partition coefficient (Wildman–Crippen LogP) is 4.06. The van der Waals surface area contributed by atoms with Crippen LogP contribution in [0.5, 0.6) is 11.5 Å². The number of benzene rings is 3. The molecule has 4 aromatic rings. The molecule has 10 nitrogen and oxygen atoms in total. The number of thiazole rings is 1. The number of carbonyl (C=O) groups excluding carboxylic acids is 1. The van der Waals surface area contributed by atoms with E-state index in [1.807, 2.05) is 25.1 Å². The van der Waals surface area contributed by atoms with Crippen molar-refractivity contribution >= 4 is 48.3 Å². The minimum absolute atomic E-state index is 0.122. The van der Waals surface area contributed by atoms with E-state index in [1.54, 1.807) is 47.7 Å². The van der Waals surface area contributed by atoms with Crippen molar-refractivity contribution < 1.29 is 22.7 Å². The molecule has 0 bridgehead atoms. The van der Waals surface area contributed by atoms with Crippen molar-refractivity contribution in [2.24, 2.45) is 0 Å². The van der Waals surface area contributed by atoms with Gasteiger partial charge >= 0.3 is 0 Å². The first-order chi connectivity index (χ1) is 19.8. The molecule has 1 saturated heterocycles. The van der Waals surface area contributed by atoms with Crippen molar-refractivity contribution in [2.45, 2.75) is 11.8 Å². The van der Waals surface area contributed by atoms with Crippen LogP contribution in [0, 0.1) is 0 Å². The molecule has 1 amide bonds. The summed E-state index contributed by atoms with van der Waals surface area (Å²) in [6.45, 7) is 7.41. The Bertz CT molecular complexity index is 1580. The number of fused-ring (bicyclic) bond motifs is 1. The van der Waals surface area contributed by atoms with Crippen LogP contribution in [0.3, 0.4) is 0 Å². The fourth-order valence-corrected chi connectivity index (χ4v) is 6.64. The molecule has 0 radical (unpaired) electrons. The highest BCUT2D eigenvalue weighted by Crippen LogP contribution is 2.32. The van der Waals surface area contributed by atoms with Gasteiger partial charge < -0.3 is 19.7 Å². The molecule has 1 aliphatic heterocycles. The van der Waals surface area contributed by atoms with Gasteiger partial charge in [-0.1, -0.05) is 11.3 Å². The van der Waals surface area contributed by atoms with Gasteiger partial charge in [0.25, 0.3) is 15.9 Å². The zero-order chi connectivity index (χ0) is 28.8. The van der Waals surface area contributed by atoms with Crippen LogP contribution >= 0.6 is 11.3 Å². The number of sulfonamides is 1. The molecule has 1 aromatic heterocycles. The van der Waals surface area contributed by atoms with E-state index in [4.69, 9.17) is 14.5 Å². The van der Waals surface area contributed by atoms with E-state index in [0.29, 0.717) is 30.2 Å². The predicted molar refractivity (Wildman–Crippen MR) is 162 cm³/mol.